The molecular formula is C39H50N4O10S. The Hall–Kier alpha value is -5.15. The van der Waals surface area contributed by atoms with Gasteiger partial charge in [0, 0.05) is 19.6 Å². The van der Waals surface area contributed by atoms with Crippen LogP contribution in [0.3, 0.4) is 0 Å². The summed E-state index contributed by atoms with van der Waals surface area (Å²) in [6.45, 7) is 4.71. The normalized spacial score (nSPS) is 17.4. The Kier molecular flexibility index (Phi) is 16.6. The van der Waals surface area contributed by atoms with Gasteiger partial charge in [0.2, 0.25) is 5.91 Å². The van der Waals surface area contributed by atoms with Gasteiger partial charge in [0.15, 0.2) is 9.84 Å². The van der Waals surface area contributed by atoms with E-state index in [1.54, 1.807) is 78.9 Å². The van der Waals surface area contributed by atoms with Gasteiger partial charge in [0.1, 0.15) is 31.0 Å². The number of fused-ring (bicyclic) bond motifs is 13. The number of nitrogens with one attached hydrogen (secondary N) is 4. The zero-order valence-corrected chi connectivity index (χ0v) is 31.5. The topological polar surface area (TPSA) is 187 Å². The molecule has 15 heteroatoms. The summed E-state index contributed by atoms with van der Waals surface area (Å²) < 4.78 is 48.7. The zero-order valence-electron chi connectivity index (χ0n) is 30.7. The second-order valence-corrected chi connectivity index (χ2v) is 15.5. The lowest BCUT2D eigenvalue weighted by Crippen LogP contribution is -2.57. The van der Waals surface area contributed by atoms with E-state index in [1.807, 2.05) is 19.9 Å². The molecule has 4 N–H and O–H groups in total. The minimum absolute atomic E-state index is 0.00156. The Morgan fingerprint density at radius 3 is 2.15 bits per heavy atom. The molecular weight excluding hydrogens is 717 g/mol. The highest BCUT2D eigenvalue weighted by molar-refractivity contribution is 7.91. The predicted octanol–water partition coefficient (Wildman–Crippen LogP) is 3.68. The summed E-state index contributed by atoms with van der Waals surface area (Å²) in [5.74, 6) is -2.19. The number of benzene rings is 3. The molecule has 292 valence electrons. The molecule has 54 heavy (non-hydrogen) atoms. The minimum Gasteiger partial charge on any atom is -0.494 e. The van der Waals surface area contributed by atoms with Gasteiger partial charge < -0.3 is 40.2 Å². The Morgan fingerprint density at radius 2 is 1.50 bits per heavy atom. The fourth-order valence-corrected chi connectivity index (χ4v) is 6.64. The molecule has 0 radical (unpaired) electrons. The lowest BCUT2D eigenvalue weighted by molar-refractivity contribution is -0.146. The lowest BCUT2D eigenvalue weighted by atomic mass is 10.0. The van der Waals surface area contributed by atoms with Crippen LogP contribution >= 0.6 is 0 Å². The van der Waals surface area contributed by atoms with Crippen molar-refractivity contribution in [2.75, 3.05) is 37.9 Å². The standard InChI is InChI=1S/C39H50N4O10S/c1-28(2)34-26-50-20-9-10-21-51-32-17-15-29(16-18-32)23-33(36(44)41-34)42-38(46)43-35(37(45)52-24-30-11-5-3-6-12-30)27-54(48,49)22-19-40-39(47)53-25-31-13-7-4-8-14-31/h3-8,11-18,28,33-35H,9-10,19-27H2,1-2H3,(H,40,47)(H,41,44)(H2,42,43,46)/t33-,34-,35+/m1/s1. The summed E-state index contributed by atoms with van der Waals surface area (Å²) >= 11 is 0. The average Bonchev–Trinajstić information content (AvgIpc) is 3.15. The van der Waals surface area contributed by atoms with Crippen LogP contribution in [0, 0.1) is 5.92 Å². The van der Waals surface area contributed by atoms with Crippen LogP contribution in [0.4, 0.5) is 9.59 Å². The molecule has 0 fully saturated rings. The molecule has 0 saturated heterocycles. The predicted molar refractivity (Wildman–Crippen MR) is 201 cm³/mol. The number of ether oxygens (including phenoxy) is 4. The van der Waals surface area contributed by atoms with Gasteiger partial charge in [0.25, 0.3) is 0 Å². The van der Waals surface area contributed by atoms with Crippen molar-refractivity contribution < 1.29 is 46.5 Å². The second-order valence-electron chi connectivity index (χ2n) is 13.3. The molecule has 0 saturated carbocycles. The molecule has 2 aliphatic heterocycles. The number of rotatable bonds is 13. The van der Waals surface area contributed by atoms with E-state index < -0.39 is 57.4 Å². The molecule has 14 nitrogen and oxygen atoms in total. The highest BCUT2D eigenvalue weighted by Gasteiger charge is 2.31. The summed E-state index contributed by atoms with van der Waals surface area (Å²) in [6, 6.07) is 20.8. The number of carbonyl (C=O) groups is 4. The van der Waals surface area contributed by atoms with Crippen LogP contribution in [0.2, 0.25) is 0 Å². The largest absolute Gasteiger partial charge is 0.494 e. The van der Waals surface area contributed by atoms with Crippen LogP contribution in [0.15, 0.2) is 84.9 Å². The van der Waals surface area contributed by atoms with E-state index in [-0.39, 0.29) is 44.7 Å². The molecule has 2 bridgehead atoms. The van der Waals surface area contributed by atoms with Gasteiger partial charge in [-0.2, -0.15) is 0 Å². The average molecular weight is 767 g/mol. The van der Waals surface area contributed by atoms with Gasteiger partial charge in [-0.25, -0.2) is 22.8 Å². The van der Waals surface area contributed by atoms with Crippen LogP contribution in [0.25, 0.3) is 0 Å². The molecule has 2 heterocycles. The second kappa shape index (κ2) is 21.5. The van der Waals surface area contributed by atoms with Crippen LogP contribution < -0.4 is 26.0 Å². The van der Waals surface area contributed by atoms with Gasteiger partial charge in [-0.1, -0.05) is 86.6 Å². The van der Waals surface area contributed by atoms with Crippen molar-refractivity contribution in [1.29, 1.82) is 0 Å². The summed E-state index contributed by atoms with van der Waals surface area (Å²) in [5, 5.41) is 10.4. The molecule has 0 aliphatic carbocycles. The number of amides is 4. The third-order valence-corrected chi connectivity index (χ3v) is 10.2. The molecule has 3 aromatic carbocycles. The maximum absolute atomic E-state index is 13.7. The number of urea groups is 1. The fourth-order valence-electron chi connectivity index (χ4n) is 5.33. The number of hydrogen-bond acceptors (Lipinski definition) is 10. The van der Waals surface area contributed by atoms with Gasteiger partial charge >= 0.3 is 18.1 Å². The maximum Gasteiger partial charge on any atom is 0.407 e. The minimum atomic E-state index is -4.07. The van der Waals surface area contributed by atoms with Gasteiger partial charge in [-0.15, -0.1) is 0 Å². The number of sulfone groups is 1. The molecule has 5 rings (SSSR count). The van der Waals surface area contributed by atoms with Gasteiger partial charge in [0.05, 0.1) is 30.8 Å². The van der Waals surface area contributed by atoms with Crippen molar-refractivity contribution in [1.82, 2.24) is 21.3 Å². The molecule has 4 amide bonds. The van der Waals surface area contributed by atoms with Crippen molar-refractivity contribution in [2.45, 2.75) is 64.4 Å². The maximum atomic E-state index is 13.7. The van der Waals surface area contributed by atoms with Gasteiger partial charge in [-0.3, -0.25) is 4.79 Å². The van der Waals surface area contributed by atoms with Gasteiger partial charge in [-0.05, 0) is 47.6 Å². The monoisotopic (exact) mass is 766 g/mol. The van der Waals surface area contributed by atoms with E-state index in [0.29, 0.717) is 24.5 Å². The SMILES string of the molecule is CC(C)[C@H]1COCCCCOc2ccc(cc2)C[C@@H](NC(=O)N[C@@H](CS(=O)(=O)CCNC(=O)OCc2ccccc2)C(=O)OCc2ccccc2)C(=O)N1. The Labute approximate surface area is 316 Å². The smallest absolute Gasteiger partial charge is 0.407 e. The first kappa shape index (κ1) is 41.6. The number of alkyl carbamates (subject to hydrolysis) is 1. The van der Waals surface area contributed by atoms with Crippen molar-refractivity contribution in [2.24, 2.45) is 5.92 Å². The van der Waals surface area contributed by atoms with Crippen LogP contribution in [0.1, 0.15) is 43.4 Å². The molecule has 0 unspecified atom stereocenters. The van der Waals surface area contributed by atoms with Crippen molar-refractivity contribution in [3.63, 3.8) is 0 Å². The molecule has 3 atom stereocenters. The Balaban J connectivity index is 1.45. The Bertz CT molecular complexity index is 1740. The van der Waals surface area contributed by atoms with Crippen LogP contribution in [-0.4, -0.2) is 88.4 Å². The zero-order chi connectivity index (χ0) is 38.8. The third-order valence-electron chi connectivity index (χ3n) is 8.50. The van der Waals surface area contributed by atoms with E-state index in [9.17, 15) is 27.6 Å². The number of carbonyl (C=O) groups excluding carboxylic acids is 4. The first-order valence-corrected chi connectivity index (χ1v) is 19.8. The first-order valence-electron chi connectivity index (χ1n) is 18.0. The van der Waals surface area contributed by atoms with E-state index in [0.717, 1.165) is 24.0 Å². The number of esters is 1. The first-order chi connectivity index (χ1) is 26.0. The third kappa shape index (κ3) is 15.1. The van der Waals surface area contributed by atoms with E-state index >= 15 is 0 Å². The van der Waals surface area contributed by atoms with E-state index in [2.05, 4.69) is 21.3 Å². The van der Waals surface area contributed by atoms with Crippen molar-refractivity contribution >= 4 is 33.8 Å². The summed E-state index contributed by atoms with van der Waals surface area (Å²) in [4.78, 5) is 52.7. The summed E-state index contributed by atoms with van der Waals surface area (Å²) in [7, 11) is -4.07. The number of hydrogen-bond donors (Lipinski definition) is 4. The summed E-state index contributed by atoms with van der Waals surface area (Å²) in [5.41, 5.74) is 2.13. The molecule has 2 aliphatic rings. The highest BCUT2D eigenvalue weighted by Crippen LogP contribution is 2.15. The van der Waals surface area contributed by atoms with Crippen LogP contribution in [-0.2, 0) is 53.3 Å². The molecule has 0 spiro atoms. The summed E-state index contributed by atoms with van der Waals surface area (Å²) in [6.07, 6.45) is 0.860. The van der Waals surface area contributed by atoms with Crippen molar-refractivity contribution in [3.05, 3.63) is 102 Å². The molecule has 0 aromatic heterocycles. The van der Waals surface area contributed by atoms with Crippen LogP contribution in [0.5, 0.6) is 5.75 Å². The highest BCUT2D eigenvalue weighted by atomic mass is 32.2. The lowest BCUT2D eigenvalue weighted by Gasteiger charge is -2.27. The quantitative estimate of drug-likeness (QED) is 0.187. The van der Waals surface area contributed by atoms with E-state index in [4.69, 9.17) is 18.9 Å². The van der Waals surface area contributed by atoms with E-state index in [1.165, 1.54) is 0 Å². The Morgan fingerprint density at radius 1 is 0.870 bits per heavy atom. The fraction of sp³-hybridized carbons (Fsp3) is 0.436. The van der Waals surface area contributed by atoms with Crippen molar-refractivity contribution in [3.8, 4) is 5.75 Å². The molecule has 3 aromatic rings.